The van der Waals surface area contributed by atoms with E-state index in [2.05, 4.69) is 0 Å². The zero-order valence-corrected chi connectivity index (χ0v) is 28.9. The van der Waals surface area contributed by atoms with Crippen LogP contribution < -0.4 is 37.6 Å². The third kappa shape index (κ3) is 20.0. The molecule has 0 saturated carbocycles. The lowest BCUT2D eigenvalue weighted by Crippen LogP contribution is -2.60. The fraction of sp³-hybridized carbons (Fsp3) is 0.500. The molecule has 316 valence electrons. The van der Waals surface area contributed by atoms with Gasteiger partial charge in [-0.05, 0) is 0 Å². The summed E-state index contributed by atoms with van der Waals surface area (Å²) in [6.07, 6.45) is -8.94. The average Bonchev–Trinajstić information content (AvgIpc) is 3.04. The van der Waals surface area contributed by atoms with Crippen LogP contribution in [0.1, 0.15) is 44.9 Å². The van der Waals surface area contributed by atoms with Crippen LogP contribution in [0.2, 0.25) is 0 Å². The molecular weight excluding hydrogens is 786 g/mol. The van der Waals surface area contributed by atoms with E-state index < -0.39 is 170 Å². The minimum absolute atomic E-state index is 0.987. The number of amides is 6. The molecule has 0 aliphatic rings. The first-order chi connectivity index (χ1) is 26.2. The highest BCUT2D eigenvalue weighted by atomic mass is 16.4. The first kappa shape index (κ1) is 49.5. The second-order valence-corrected chi connectivity index (χ2v) is 11.5. The second-order valence-electron chi connectivity index (χ2n) is 11.5. The second kappa shape index (κ2) is 23.4. The highest BCUT2D eigenvalue weighted by molar-refractivity contribution is 6.00. The molecule has 0 fully saturated rings. The van der Waals surface area contributed by atoms with Crippen molar-refractivity contribution in [3.05, 3.63) is 0 Å². The third-order valence-electron chi connectivity index (χ3n) is 6.78. The summed E-state index contributed by atoms with van der Waals surface area (Å²) in [5.41, 5.74) is 5.38. The lowest BCUT2D eigenvalue weighted by atomic mass is 10.1. The maximum Gasteiger partial charge on any atom is 0.326 e. The Balaban J connectivity index is 6.42. The summed E-state index contributed by atoms with van der Waals surface area (Å²) in [5, 5.41) is 83.5. The van der Waals surface area contributed by atoms with Gasteiger partial charge in [-0.15, -0.1) is 0 Å². The van der Waals surface area contributed by atoms with Crippen LogP contribution in [0.15, 0.2) is 0 Å². The number of nitrogens with one attached hydrogen (secondary N) is 6. The Hall–Kier alpha value is -7.46. The van der Waals surface area contributed by atoms with Crippen LogP contribution >= 0.6 is 0 Å². The molecule has 0 aliphatic heterocycles. The molecule has 6 amide bonds. The van der Waals surface area contributed by atoms with Crippen molar-refractivity contribution in [3.8, 4) is 0 Å². The van der Waals surface area contributed by atoms with Crippen molar-refractivity contribution in [2.24, 2.45) is 5.73 Å². The van der Waals surface area contributed by atoms with E-state index >= 15 is 0 Å². The fourth-order valence-corrected chi connectivity index (χ4v) is 4.22. The van der Waals surface area contributed by atoms with Gasteiger partial charge in [-0.3, -0.25) is 62.3 Å². The first-order valence-electron chi connectivity index (χ1n) is 15.6. The van der Waals surface area contributed by atoms with Crippen LogP contribution in [0.4, 0.5) is 0 Å². The summed E-state index contributed by atoms with van der Waals surface area (Å²) in [6.45, 7) is 0. The van der Waals surface area contributed by atoms with Crippen LogP contribution in [-0.4, -0.2) is 166 Å². The van der Waals surface area contributed by atoms with Crippen LogP contribution in [0.25, 0.3) is 0 Å². The third-order valence-corrected chi connectivity index (χ3v) is 6.78. The number of rotatable bonds is 27. The molecule has 29 heteroatoms. The van der Waals surface area contributed by atoms with Crippen molar-refractivity contribution < 1.29 is 108 Å². The highest BCUT2D eigenvalue weighted by Gasteiger charge is 2.37. The van der Waals surface area contributed by atoms with E-state index in [4.69, 9.17) is 26.2 Å². The number of hydrogen-bond acceptors (Lipinski definition) is 15. The van der Waals surface area contributed by atoms with E-state index in [1.165, 1.54) is 0 Å². The number of aliphatic carboxylic acids is 8. The lowest BCUT2D eigenvalue weighted by Gasteiger charge is -2.26. The lowest BCUT2D eigenvalue weighted by molar-refractivity contribution is -0.148. The predicted octanol–water partition coefficient (Wildman–Crippen LogP) is -7.37. The highest BCUT2D eigenvalue weighted by Crippen LogP contribution is 2.06. The molecule has 16 N–H and O–H groups in total. The Morgan fingerprint density at radius 2 is 0.474 bits per heavy atom. The first-order valence-corrected chi connectivity index (χ1v) is 15.6. The summed E-state index contributed by atoms with van der Waals surface area (Å²) < 4.78 is 0. The standard InChI is InChI=1S/C28H37N7O22/c29-8(1-15(36)37)22(50)30-9(2-16(38)39)23(51)31-10(3-17(40)41)24(52)32-11(4-18(42)43)25(53)33-12(5-19(44)45)26(54)34-13(6-20(46)47)27(55)35-14(28(56)57)7-21(48)49/h8-14H,1-7,29H2,(H,30,50)(H,31,51)(H,32,52)(H,33,53)(H,34,54)(H,35,55)(H,36,37)(H,38,39)(H,40,41)(H,42,43)(H,44,45)(H,46,47)(H,48,49)(H,56,57)/t8-,9-,10-,11-,12-,13-,14-/m0/s1. The Bertz CT molecular complexity index is 1650. The predicted molar refractivity (Wildman–Crippen MR) is 173 cm³/mol. The molecule has 0 aromatic rings. The Labute approximate surface area is 316 Å². The maximum atomic E-state index is 13.2. The molecule has 0 unspecified atom stereocenters. The van der Waals surface area contributed by atoms with Crippen LogP contribution in [0.5, 0.6) is 0 Å². The molecule has 7 atom stereocenters. The van der Waals surface area contributed by atoms with E-state index in [1.807, 2.05) is 0 Å². The zero-order valence-electron chi connectivity index (χ0n) is 28.9. The maximum absolute atomic E-state index is 13.2. The van der Waals surface area contributed by atoms with Crippen LogP contribution in [-0.2, 0) is 67.1 Å². The number of carboxylic acids is 8. The summed E-state index contributed by atoms with van der Waals surface area (Å²) in [7, 11) is 0. The van der Waals surface area contributed by atoms with Crippen LogP contribution in [0.3, 0.4) is 0 Å². The van der Waals surface area contributed by atoms with Gasteiger partial charge in [-0.25, -0.2) is 4.79 Å². The molecule has 0 spiro atoms. The molecule has 0 aromatic carbocycles. The number of carbonyl (C=O) groups excluding carboxylic acids is 6. The van der Waals surface area contributed by atoms with Crippen molar-refractivity contribution in [2.45, 2.75) is 87.2 Å². The number of carboxylic acid groups (broad SMARTS) is 8. The average molecular weight is 824 g/mol. The smallest absolute Gasteiger partial charge is 0.326 e. The SMILES string of the molecule is N[C@@H](CC(=O)O)C(=O)N[C@@H](CC(=O)O)C(=O)N[C@@H](CC(=O)O)C(=O)N[C@@H](CC(=O)O)C(=O)N[C@@H](CC(=O)O)C(=O)N[C@@H](CC(=O)O)C(=O)N[C@@H](CC(=O)O)C(=O)O. The van der Waals surface area contributed by atoms with Gasteiger partial charge < -0.3 is 78.5 Å². The molecule has 0 radical (unpaired) electrons. The van der Waals surface area contributed by atoms with Crippen molar-refractivity contribution in [1.82, 2.24) is 31.9 Å². The zero-order chi connectivity index (χ0) is 44.3. The fourth-order valence-electron chi connectivity index (χ4n) is 4.22. The molecular formula is C28H37N7O22. The molecule has 0 rings (SSSR count). The van der Waals surface area contributed by atoms with Crippen molar-refractivity contribution in [1.29, 1.82) is 0 Å². The molecule has 29 nitrogen and oxygen atoms in total. The van der Waals surface area contributed by atoms with E-state index in [9.17, 15) is 87.5 Å². The summed E-state index contributed by atoms with van der Waals surface area (Å²) in [5.74, 6) is -23.9. The molecule has 0 aromatic heterocycles. The normalized spacial score (nSPS) is 14.2. The summed E-state index contributed by atoms with van der Waals surface area (Å²) in [4.78, 5) is 168. The van der Waals surface area contributed by atoms with Crippen molar-refractivity contribution >= 4 is 83.2 Å². The van der Waals surface area contributed by atoms with Gasteiger partial charge in [0.15, 0.2) is 0 Å². The largest absolute Gasteiger partial charge is 0.481 e. The van der Waals surface area contributed by atoms with Gasteiger partial charge in [0.05, 0.1) is 51.0 Å². The van der Waals surface area contributed by atoms with E-state index in [1.54, 1.807) is 31.9 Å². The van der Waals surface area contributed by atoms with E-state index in [-0.39, 0.29) is 0 Å². The monoisotopic (exact) mass is 823 g/mol. The molecule has 57 heavy (non-hydrogen) atoms. The molecule has 0 heterocycles. The summed E-state index contributed by atoms with van der Waals surface area (Å²) >= 11 is 0. The summed E-state index contributed by atoms with van der Waals surface area (Å²) in [6, 6.07) is -15.4. The van der Waals surface area contributed by atoms with Gasteiger partial charge in [-0.2, -0.15) is 0 Å². The van der Waals surface area contributed by atoms with Gasteiger partial charge in [0.2, 0.25) is 35.4 Å². The van der Waals surface area contributed by atoms with Gasteiger partial charge >= 0.3 is 47.8 Å². The minimum Gasteiger partial charge on any atom is -0.481 e. The van der Waals surface area contributed by atoms with Crippen molar-refractivity contribution in [2.75, 3.05) is 0 Å². The minimum atomic E-state index is -2.36. The van der Waals surface area contributed by atoms with E-state index in [0.717, 1.165) is 0 Å². The Morgan fingerprint density at radius 3 is 0.667 bits per heavy atom. The van der Waals surface area contributed by atoms with Crippen molar-refractivity contribution in [3.63, 3.8) is 0 Å². The molecule has 0 saturated heterocycles. The van der Waals surface area contributed by atoms with Gasteiger partial charge in [0, 0.05) is 0 Å². The molecule has 0 bridgehead atoms. The Morgan fingerprint density at radius 1 is 0.298 bits per heavy atom. The van der Waals surface area contributed by atoms with Gasteiger partial charge in [0.1, 0.15) is 36.3 Å². The van der Waals surface area contributed by atoms with Crippen LogP contribution in [0, 0.1) is 0 Å². The van der Waals surface area contributed by atoms with Gasteiger partial charge in [0.25, 0.3) is 0 Å². The number of nitrogens with two attached hydrogens (primary N) is 1. The Kier molecular flexibility index (Phi) is 20.3. The topological polar surface area (TPSA) is 499 Å². The number of hydrogen-bond donors (Lipinski definition) is 15. The number of carbonyl (C=O) groups is 14. The van der Waals surface area contributed by atoms with Gasteiger partial charge in [-0.1, -0.05) is 0 Å². The molecule has 0 aliphatic carbocycles. The quantitative estimate of drug-likeness (QED) is 0.0366. The van der Waals surface area contributed by atoms with E-state index in [0.29, 0.717) is 0 Å².